The van der Waals surface area contributed by atoms with Gasteiger partial charge in [0.15, 0.2) is 0 Å². The molecule has 0 aliphatic carbocycles. The molecule has 1 aliphatic heterocycles. The van der Waals surface area contributed by atoms with E-state index in [1.807, 2.05) is 0 Å². The molecular weight excluding hydrogens is 268 g/mol. The van der Waals surface area contributed by atoms with Gasteiger partial charge in [-0.2, -0.15) is 4.31 Å². The third kappa shape index (κ3) is 2.83. The van der Waals surface area contributed by atoms with Crippen molar-refractivity contribution in [1.82, 2.24) is 4.31 Å². The topological polar surface area (TPSA) is 92.9 Å². The Labute approximate surface area is 112 Å². The molecule has 0 spiro atoms. The Morgan fingerprint density at radius 3 is 2.84 bits per heavy atom. The summed E-state index contributed by atoms with van der Waals surface area (Å²) in [6.45, 7) is 0.557. The number of hydrogen-bond donors (Lipinski definition) is 2. The number of benzene rings is 1. The molecule has 1 aromatic rings. The van der Waals surface area contributed by atoms with Gasteiger partial charge in [-0.05, 0) is 25.0 Å². The monoisotopic (exact) mass is 286 g/mol. The zero-order valence-corrected chi connectivity index (χ0v) is 11.6. The fourth-order valence-corrected chi connectivity index (χ4v) is 3.67. The number of methoxy groups -OCH3 is 1. The average Bonchev–Trinajstić information content (AvgIpc) is 2.39. The second-order valence-electron chi connectivity index (χ2n) is 4.56. The normalized spacial score (nSPS) is 21.3. The summed E-state index contributed by atoms with van der Waals surface area (Å²) in [7, 11) is -2.17. The van der Waals surface area contributed by atoms with Crippen LogP contribution in [0.2, 0.25) is 0 Å². The van der Waals surface area contributed by atoms with Crippen molar-refractivity contribution in [1.29, 1.82) is 0 Å². The zero-order chi connectivity index (χ0) is 14.0. The van der Waals surface area contributed by atoms with Crippen LogP contribution in [-0.4, -0.2) is 44.1 Å². The van der Waals surface area contributed by atoms with E-state index in [0.29, 0.717) is 30.8 Å². The van der Waals surface area contributed by atoms with Gasteiger partial charge >= 0.3 is 0 Å². The Morgan fingerprint density at radius 1 is 1.47 bits per heavy atom. The molecule has 1 heterocycles. The van der Waals surface area contributed by atoms with Gasteiger partial charge in [-0.3, -0.25) is 0 Å². The number of aliphatic hydroxyl groups excluding tert-OH is 1. The lowest BCUT2D eigenvalue weighted by molar-refractivity contribution is 0.108. The summed E-state index contributed by atoms with van der Waals surface area (Å²) in [6.07, 6.45) is 0.697. The summed E-state index contributed by atoms with van der Waals surface area (Å²) >= 11 is 0. The predicted octanol–water partition coefficient (Wildman–Crippen LogP) is 0.423. The molecule has 1 fully saturated rings. The highest BCUT2D eigenvalue weighted by atomic mass is 32.2. The van der Waals surface area contributed by atoms with Gasteiger partial charge in [0.2, 0.25) is 10.0 Å². The van der Waals surface area contributed by atoms with Crippen LogP contribution in [0.25, 0.3) is 0 Å². The lowest BCUT2D eigenvalue weighted by Crippen LogP contribution is -2.42. The van der Waals surface area contributed by atoms with E-state index in [2.05, 4.69) is 0 Å². The highest BCUT2D eigenvalue weighted by Crippen LogP contribution is 2.27. The van der Waals surface area contributed by atoms with Gasteiger partial charge in [0.1, 0.15) is 5.75 Å². The number of hydrogen-bond acceptors (Lipinski definition) is 5. The van der Waals surface area contributed by atoms with Crippen LogP contribution in [0.1, 0.15) is 12.8 Å². The molecule has 1 saturated heterocycles. The third-order valence-corrected chi connectivity index (χ3v) is 5.06. The van der Waals surface area contributed by atoms with Gasteiger partial charge in [-0.15, -0.1) is 0 Å². The number of aliphatic hydroxyl groups is 1. The minimum Gasteiger partial charge on any atom is -0.495 e. The number of piperidine rings is 1. The van der Waals surface area contributed by atoms with Crippen molar-refractivity contribution in [2.75, 3.05) is 25.9 Å². The van der Waals surface area contributed by atoms with E-state index in [9.17, 15) is 13.5 Å². The zero-order valence-electron chi connectivity index (χ0n) is 10.7. The van der Waals surface area contributed by atoms with Crippen LogP contribution in [0.3, 0.4) is 0 Å². The number of ether oxygens (including phenoxy) is 1. The fourth-order valence-electron chi connectivity index (χ4n) is 2.14. The van der Waals surface area contributed by atoms with E-state index < -0.39 is 16.1 Å². The van der Waals surface area contributed by atoms with Crippen molar-refractivity contribution in [3.8, 4) is 5.75 Å². The minimum absolute atomic E-state index is 0.132. The molecule has 106 valence electrons. The Morgan fingerprint density at radius 2 is 2.21 bits per heavy atom. The van der Waals surface area contributed by atoms with Gasteiger partial charge in [0.05, 0.1) is 23.8 Å². The Balaban J connectivity index is 2.33. The van der Waals surface area contributed by atoms with Crippen molar-refractivity contribution >= 4 is 15.7 Å². The first-order valence-electron chi connectivity index (χ1n) is 6.07. The largest absolute Gasteiger partial charge is 0.495 e. The van der Waals surface area contributed by atoms with Gasteiger partial charge in [0, 0.05) is 19.2 Å². The molecule has 0 radical (unpaired) electrons. The van der Waals surface area contributed by atoms with Crippen molar-refractivity contribution in [2.24, 2.45) is 0 Å². The summed E-state index contributed by atoms with van der Waals surface area (Å²) in [6, 6.07) is 4.37. The molecule has 0 bridgehead atoms. The van der Waals surface area contributed by atoms with Crippen molar-refractivity contribution < 1.29 is 18.3 Å². The summed E-state index contributed by atoms with van der Waals surface area (Å²) in [5, 5.41) is 9.58. The van der Waals surface area contributed by atoms with E-state index >= 15 is 0 Å². The van der Waals surface area contributed by atoms with E-state index in [4.69, 9.17) is 10.5 Å². The van der Waals surface area contributed by atoms with Gasteiger partial charge < -0.3 is 15.6 Å². The maximum Gasteiger partial charge on any atom is 0.243 e. The van der Waals surface area contributed by atoms with Crippen LogP contribution in [0.4, 0.5) is 5.69 Å². The molecule has 0 amide bonds. The highest BCUT2D eigenvalue weighted by molar-refractivity contribution is 7.89. The van der Waals surface area contributed by atoms with Gasteiger partial charge in [-0.1, -0.05) is 0 Å². The molecular formula is C12H18N2O4S. The maximum atomic E-state index is 12.4. The molecule has 6 nitrogen and oxygen atoms in total. The van der Waals surface area contributed by atoms with Gasteiger partial charge in [-0.25, -0.2) is 8.42 Å². The van der Waals surface area contributed by atoms with E-state index in [0.717, 1.165) is 0 Å². The van der Waals surface area contributed by atoms with E-state index in [1.54, 1.807) is 0 Å². The number of nitrogen functional groups attached to an aromatic ring is 1. The van der Waals surface area contributed by atoms with Crippen LogP contribution in [0.5, 0.6) is 5.75 Å². The molecule has 1 aliphatic rings. The number of sulfonamides is 1. The Bertz CT molecular complexity index is 559. The molecule has 19 heavy (non-hydrogen) atoms. The lowest BCUT2D eigenvalue weighted by Gasteiger charge is -2.29. The SMILES string of the molecule is COc1cc(S(=O)(=O)N2CCC[C@H](O)C2)ccc1N. The fraction of sp³-hybridized carbons (Fsp3) is 0.500. The van der Waals surface area contributed by atoms with Crippen LogP contribution < -0.4 is 10.5 Å². The first-order valence-corrected chi connectivity index (χ1v) is 7.51. The van der Waals surface area contributed by atoms with Crippen LogP contribution in [-0.2, 0) is 10.0 Å². The number of rotatable bonds is 3. The first-order chi connectivity index (χ1) is 8.95. The molecule has 2 rings (SSSR count). The summed E-state index contributed by atoms with van der Waals surface area (Å²) in [5.41, 5.74) is 6.06. The molecule has 0 saturated carbocycles. The maximum absolute atomic E-state index is 12.4. The molecule has 3 N–H and O–H groups in total. The molecule has 1 atom stereocenters. The van der Waals surface area contributed by atoms with E-state index in [-0.39, 0.29) is 11.4 Å². The number of nitrogens with zero attached hydrogens (tertiary/aromatic N) is 1. The molecule has 0 aromatic heterocycles. The standard InChI is InChI=1S/C12H18N2O4S/c1-18-12-7-10(4-5-11(12)13)19(16,17)14-6-2-3-9(15)8-14/h4-5,7,9,15H,2-3,6,8,13H2,1H3/t9-/m0/s1. The number of β-amino-alcohol motifs (C(OH)–C–C–N with tert-alkyl or cyclic N) is 1. The van der Waals surface area contributed by atoms with Gasteiger partial charge in [0.25, 0.3) is 0 Å². The second kappa shape index (κ2) is 5.36. The third-order valence-electron chi connectivity index (χ3n) is 3.20. The second-order valence-corrected chi connectivity index (χ2v) is 6.50. The summed E-state index contributed by atoms with van der Waals surface area (Å²) < 4.78 is 31.2. The molecule has 1 aromatic carbocycles. The van der Waals surface area contributed by atoms with Crippen molar-refractivity contribution in [3.05, 3.63) is 18.2 Å². The highest BCUT2D eigenvalue weighted by Gasteiger charge is 2.29. The first kappa shape index (κ1) is 14.1. The smallest absolute Gasteiger partial charge is 0.243 e. The van der Waals surface area contributed by atoms with Crippen LogP contribution in [0.15, 0.2) is 23.1 Å². The number of anilines is 1. The Hall–Kier alpha value is -1.31. The summed E-state index contributed by atoms with van der Waals surface area (Å²) in [5.74, 6) is 0.332. The molecule has 0 unspecified atom stereocenters. The quantitative estimate of drug-likeness (QED) is 0.786. The van der Waals surface area contributed by atoms with Crippen LogP contribution >= 0.6 is 0 Å². The van der Waals surface area contributed by atoms with Crippen molar-refractivity contribution in [2.45, 2.75) is 23.8 Å². The predicted molar refractivity (Wildman–Crippen MR) is 71.4 cm³/mol. The number of nitrogens with two attached hydrogens (primary N) is 1. The van der Waals surface area contributed by atoms with Crippen LogP contribution in [0, 0.1) is 0 Å². The lowest BCUT2D eigenvalue weighted by atomic mass is 10.1. The van der Waals surface area contributed by atoms with Crippen molar-refractivity contribution in [3.63, 3.8) is 0 Å². The Kier molecular flexibility index (Phi) is 3.98. The average molecular weight is 286 g/mol. The minimum atomic E-state index is -3.61. The molecule has 7 heteroatoms. The summed E-state index contributed by atoms with van der Waals surface area (Å²) in [4.78, 5) is 0.132. The van der Waals surface area contributed by atoms with E-state index in [1.165, 1.54) is 29.6 Å².